The Morgan fingerprint density at radius 3 is 2.88 bits per heavy atom. The van der Waals surface area contributed by atoms with Crippen LogP contribution < -0.4 is 10.1 Å². The van der Waals surface area contributed by atoms with E-state index in [4.69, 9.17) is 9.15 Å². The number of hydrogen-bond acceptors (Lipinski definition) is 4. The summed E-state index contributed by atoms with van der Waals surface area (Å²) in [5.74, 6) is 1.65. The Bertz CT molecular complexity index is 843. The van der Waals surface area contributed by atoms with E-state index < -0.39 is 0 Å². The van der Waals surface area contributed by atoms with Crippen LogP contribution in [0.15, 0.2) is 63.6 Å². The third-order valence-corrected chi connectivity index (χ3v) is 3.69. The first-order chi connectivity index (χ1) is 11.6. The molecule has 3 aromatic rings. The zero-order valence-electron chi connectivity index (χ0n) is 13.0. The highest BCUT2D eigenvalue weighted by Gasteiger charge is 2.12. The molecule has 24 heavy (non-hydrogen) atoms. The summed E-state index contributed by atoms with van der Waals surface area (Å²) < 4.78 is 12.0. The predicted octanol–water partition coefficient (Wildman–Crippen LogP) is 4.58. The van der Waals surface area contributed by atoms with Crippen molar-refractivity contribution in [2.45, 2.75) is 13.5 Å². The van der Waals surface area contributed by atoms with E-state index in [1.807, 2.05) is 31.2 Å². The highest BCUT2D eigenvalue weighted by Crippen LogP contribution is 2.17. The van der Waals surface area contributed by atoms with Crippen LogP contribution in [-0.4, -0.2) is 10.9 Å². The van der Waals surface area contributed by atoms with Crippen molar-refractivity contribution in [3.63, 3.8) is 0 Å². The van der Waals surface area contributed by atoms with Crippen molar-refractivity contribution in [3.8, 4) is 5.75 Å². The third-order valence-electron chi connectivity index (χ3n) is 3.23. The van der Waals surface area contributed by atoms with Crippen LogP contribution in [0.5, 0.6) is 5.75 Å². The fourth-order valence-corrected chi connectivity index (χ4v) is 2.30. The van der Waals surface area contributed by atoms with Gasteiger partial charge in [-0.1, -0.05) is 12.1 Å². The molecule has 0 radical (unpaired) electrons. The van der Waals surface area contributed by atoms with Crippen LogP contribution in [0.4, 0.5) is 5.82 Å². The first kappa shape index (κ1) is 16.3. The maximum atomic E-state index is 12.1. The fraction of sp³-hybridized carbons (Fsp3) is 0.111. The van der Waals surface area contributed by atoms with Crippen LogP contribution in [0.2, 0.25) is 0 Å². The number of carbonyl (C=O) groups is 1. The molecule has 1 N–H and O–H groups in total. The first-order valence-corrected chi connectivity index (χ1v) is 8.10. The minimum Gasteiger partial charge on any atom is -0.486 e. The molecule has 122 valence electrons. The molecule has 6 heteroatoms. The normalized spacial score (nSPS) is 10.4. The molecule has 2 heterocycles. The number of aromatic nitrogens is 1. The zero-order chi connectivity index (χ0) is 16.9. The second kappa shape index (κ2) is 7.31. The number of nitrogens with zero attached hydrogens (tertiary/aromatic N) is 1. The number of carbonyl (C=O) groups excluding carboxylic acids is 1. The average molecular weight is 387 g/mol. The third kappa shape index (κ3) is 4.23. The Kier molecular flexibility index (Phi) is 4.96. The van der Waals surface area contributed by atoms with Crippen LogP contribution in [0.3, 0.4) is 0 Å². The van der Waals surface area contributed by atoms with Crippen molar-refractivity contribution in [1.82, 2.24) is 4.98 Å². The quantitative estimate of drug-likeness (QED) is 0.696. The molecule has 0 bridgehead atoms. The Morgan fingerprint density at radius 2 is 2.12 bits per heavy atom. The SMILES string of the molecule is Cc1cccc(OCc2ccc(C(=O)Nc3ccc(Br)cn3)o2)c1. The standard InChI is InChI=1S/C18H15BrN2O3/c1-12-3-2-4-14(9-12)23-11-15-6-7-16(24-15)18(22)21-17-8-5-13(19)10-20-17/h2-10H,11H2,1H3,(H,20,21,22). The molecule has 2 aromatic heterocycles. The lowest BCUT2D eigenvalue weighted by atomic mass is 10.2. The Labute approximate surface area is 147 Å². The second-order valence-corrected chi connectivity index (χ2v) is 6.10. The molecule has 0 unspecified atom stereocenters. The number of aryl methyl sites for hydroxylation is 1. The smallest absolute Gasteiger partial charge is 0.292 e. The van der Waals surface area contributed by atoms with Crippen LogP contribution >= 0.6 is 15.9 Å². The van der Waals surface area contributed by atoms with Gasteiger partial charge < -0.3 is 14.5 Å². The molecular weight excluding hydrogens is 372 g/mol. The van der Waals surface area contributed by atoms with Gasteiger partial charge in [0.1, 0.15) is 23.9 Å². The molecule has 0 fully saturated rings. The summed E-state index contributed by atoms with van der Waals surface area (Å²) in [6.45, 7) is 2.26. The summed E-state index contributed by atoms with van der Waals surface area (Å²) in [6, 6.07) is 14.6. The van der Waals surface area contributed by atoms with E-state index in [9.17, 15) is 4.79 Å². The van der Waals surface area contributed by atoms with Crippen LogP contribution in [0.25, 0.3) is 0 Å². The molecule has 0 saturated carbocycles. The summed E-state index contributed by atoms with van der Waals surface area (Å²) in [5, 5.41) is 2.67. The van der Waals surface area contributed by atoms with Crippen molar-refractivity contribution in [1.29, 1.82) is 0 Å². The van der Waals surface area contributed by atoms with Crippen molar-refractivity contribution in [3.05, 3.63) is 76.3 Å². The van der Waals surface area contributed by atoms with Crippen molar-refractivity contribution >= 4 is 27.7 Å². The molecular formula is C18H15BrN2O3. The maximum absolute atomic E-state index is 12.1. The molecule has 1 amide bonds. The minimum atomic E-state index is -0.355. The van der Waals surface area contributed by atoms with E-state index in [-0.39, 0.29) is 18.3 Å². The lowest BCUT2D eigenvalue weighted by Gasteiger charge is -2.05. The van der Waals surface area contributed by atoms with E-state index in [2.05, 4.69) is 26.2 Å². The number of halogens is 1. The molecule has 1 aromatic carbocycles. The maximum Gasteiger partial charge on any atom is 0.292 e. The van der Waals surface area contributed by atoms with Crippen molar-refractivity contribution in [2.24, 2.45) is 0 Å². The molecule has 0 atom stereocenters. The summed E-state index contributed by atoms with van der Waals surface area (Å²) in [4.78, 5) is 16.2. The summed E-state index contributed by atoms with van der Waals surface area (Å²) in [6.07, 6.45) is 1.61. The first-order valence-electron chi connectivity index (χ1n) is 7.31. The number of anilines is 1. The van der Waals surface area contributed by atoms with Gasteiger partial charge >= 0.3 is 0 Å². The Balaban J connectivity index is 1.60. The largest absolute Gasteiger partial charge is 0.486 e. The highest BCUT2D eigenvalue weighted by molar-refractivity contribution is 9.10. The summed E-state index contributed by atoms with van der Waals surface area (Å²) >= 11 is 3.29. The number of pyridine rings is 1. The van der Waals surface area contributed by atoms with Gasteiger partial charge in [-0.3, -0.25) is 4.79 Å². The lowest BCUT2D eigenvalue weighted by Crippen LogP contribution is -2.11. The van der Waals surface area contributed by atoms with E-state index in [1.54, 1.807) is 30.5 Å². The fourth-order valence-electron chi connectivity index (χ4n) is 2.06. The van der Waals surface area contributed by atoms with E-state index >= 15 is 0 Å². The van der Waals surface area contributed by atoms with Gasteiger partial charge in [-0.15, -0.1) is 0 Å². The number of amides is 1. The van der Waals surface area contributed by atoms with Crippen molar-refractivity contribution < 1.29 is 13.9 Å². The number of hydrogen-bond donors (Lipinski definition) is 1. The van der Waals surface area contributed by atoms with Gasteiger partial charge in [0.15, 0.2) is 5.76 Å². The number of benzene rings is 1. The van der Waals surface area contributed by atoms with Crippen LogP contribution in [-0.2, 0) is 6.61 Å². The number of ether oxygens (including phenoxy) is 1. The molecule has 0 aliphatic carbocycles. The summed E-state index contributed by atoms with van der Waals surface area (Å²) in [7, 11) is 0. The topological polar surface area (TPSA) is 64.4 Å². The van der Waals surface area contributed by atoms with Gasteiger partial charge in [-0.05, 0) is 64.8 Å². The summed E-state index contributed by atoms with van der Waals surface area (Å²) in [5.41, 5.74) is 1.12. The zero-order valence-corrected chi connectivity index (χ0v) is 14.5. The van der Waals surface area contributed by atoms with E-state index in [0.717, 1.165) is 15.8 Å². The van der Waals surface area contributed by atoms with Gasteiger partial charge in [-0.25, -0.2) is 4.98 Å². The monoisotopic (exact) mass is 386 g/mol. The van der Waals surface area contributed by atoms with Crippen molar-refractivity contribution in [2.75, 3.05) is 5.32 Å². The molecule has 0 saturated heterocycles. The molecule has 0 spiro atoms. The Hall–Kier alpha value is -2.60. The predicted molar refractivity (Wildman–Crippen MR) is 94.1 cm³/mol. The molecule has 0 aliphatic rings. The molecule has 5 nitrogen and oxygen atoms in total. The van der Waals surface area contributed by atoms with E-state index in [0.29, 0.717) is 11.6 Å². The molecule has 3 rings (SSSR count). The van der Waals surface area contributed by atoms with Gasteiger partial charge in [0, 0.05) is 10.7 Å². The van der Waals surface area contributed by atoms with Crippen LogP contribution in [0.1, 0.15) is 21.9 Å². The Morgan fingerprint density at radius 1 is 1.25 bits per heavy atom. The highest BCUT2D eigenvalue weighted by atomic mass is 79.9. The lowest BCUT2D eigenvalue weighted by molar-refractivity contribution is 0.0992. The van der Waals surface area contributed by atoms with Gasteiger partial charge in [0.25, 0.3) is 5.91 Å². The van der Waals surface area contributed by atoms with Gasteiger partial charge in [-0.2, -0.15) is 0 Å². The molecule has 0 aliphatic heterocycles. The second-order valence-electron chi connectivity index (χ2n) is 5.19. The average Bonchev–Trinajstić information content (AvgIpc) is 3.04. The number of nitrogens with one attached hydrogen (secondary N) is 1. The minimum absolute atomic E-state index is 0.211. The van der Waals surface area contributed by atoms with E-state index in [1.165, 1.54) is 0 Å². The van der Waals surface area contributed by atoms with Crippen LogP contribution in [0, 0.1) is 6.92 Å². The van der Waals surface area contributed by atoms with Gasteiger partial charge in [0.2, 0.25) is 0 Å². The number of rotatable bonds is 5. The van der Waals surface area contributed by atoms with Gasteiger partial charge in [0.05, 0.1) is 0 Å². The number of furan rings is 1.